The molecule has 0 atom stereocenters. The average Bonchev–Trinajstić information content (AvgIpc) is 3.70. The van der Waals surface area contributed by atoms with E-state index in [0.717, 1.165) is 0 Å². The molecule has 2 aliphatic carbocycles. The van der Waals surface area contributed by atoms with Gasteiger partial charge in [-0.25, -0.2) is 0 Å². The van der Waals surface area contributed by atoms with Crippen molar-refractivity contribution in [1.29, 1.82) is 0 Å². The number of nitrogens with zero attached hydrogens (tertiary/aromatic N) is 2. The third kappa shape index (κ3) is 2.65. The summed E-state index contributed by atoms with van der Waals surface area (Å²) in [5.74, 6) is 0. The molecule has 0 bridgehead atoms. The number of benzene rings is 7. The van der Waals surface area contributed by atoms with E-state index in [-0.39, 0.29) is 0 Å². The standard InChI is InChI=1S/C43H26N2/c1-3-13-27(14-4-1)44-35-23-11-21-33-39(35)41-37(44)25-26-38-42(41)40-34(22-12-24-36(40)45(38)28-15-5-2-6-16-28)43(33)31-19-9-7-17-29(31)30-18-8-10-20-32(30)43/h1-26H. The zero-order valence-electron chi connectivity index (χ0n) is 24.4. The van der Waals surface area contributed by atoms with Crippen LogP contribution in [-0.4, -0.2) is 9.13 Å². The molecule has 2 aromatic heterocycles. The topological polar surface area (TPSA) is 9.86 Å². The van der Waals surface area contributed by atoms with E-state index in [4.69, 9.17) is 0 Å². The van der Waals surface area contributed by atoms with Crippen molar-refractivity contribution in [2.75, 3.05) is 0 Å². The van der Waals surface area contributed by atoms with Crippen molar-refractivity contribution in [3.8, 4) is 22.5 Å². The second kappa shape index (κ2) is 8.19. The summed E-state index contributed by atoms with van der Waals surface area (Å²) in [5.41, 5.74) is 15.0. The molecule has 2 nitrogen and oxygen atoms in total. The van der Waals surface area contributed by atoms with E-state index in [1.165, 1.54) is 88.4 Å². The van der Waals surface area contributed by atoms with Crippen LogP contribution in [-0.2, 0) is 5.41 Å². The molecule has 0 radical (unpaired) electrons. The summed E-state index contributed by atoms with van der Waals surface area (Å²) in [6.07, 6.45) is 0. The van der Waals surface area contributed by atoms with E-state index in [1.807, 2.05) is 0 Å². The highest BCUT2D eigenvalue weighted by molar-refractivity contribution is 6.32. The molecule has 208 valence electrons. The maximum Gasteiger partial charge on any atom is 0.0727 e. The molecule has 0 amide bonds. The van der Waals surface area contributed by atoms with Gasteiger partial charge >= 0.3 is 0 Å². The molecule has 0 aliphatic heterocycles. The van der Waals surface area contributed by atoms with Gasteiger partial charge in [0.2, 0.25) is 0 Å². The molecular formula is C43H26N2. The van der Waals surface area contributed by atoms with Gasteiger partial charge in [-0.1, -0.05) is 109 Å². The Bertz CT molecular complexity index is 2500. The van der Waals surface area contributed by atoms with E-state index in [2.05, 4.69) is 167 Å². The van der Waals surface area contributed by atoms with Gasteiger partial charge in [-0.05, 0) is 81.9 Å². The van der Waals surface area contributed by atoms with Crippen LogP contribution in [0.25, 0.3) is 66.1 Å². The van der Waals surface area contributed by atoms with E-state index in [1.54, 1.807) is 0 Å². The van der Waals surface area contributed by atoms with E-state index in [0.29, 0.717) is 0 Å². The van der Waals surface area contributed by atoms with Gasteiger partial charge in [-0.3, -0.25) is 0 Å². The average molecular weight is 571 g/mol. The first-order valence-electron chi connectivity index (χ1n) is 15.7. The Morgan fingerprint density at radius 2 is 0.667 bits per heavy atom. The second-order valence-electron chi connectivity index (χ2n) is 12.4. The van der Waals surface area contributed by atoms with Crippen molar-refractivity contribution < 1.29 is 0 Å². The fourth-order valence-corrected chi connectivity index (χ4v) is 8.99. The summed E-state index contributed by atoms with van der Waals surface area (Å²) in [6, 6.07) is 58.6. The fourth-order valence-electron chi connectivity index (χ4n) is 8.99. The first kappa shape index (κ1) is 23.6. The lowest BCUT2D eigenvalue weighted by Crippen LogP contribution is -2.28. The predicted molar refractivity (Wildman–Crippen MR) is 186 cm³/mol. The number of para-hydroxylation sites is 2. The largest absolute Gasteiger partial charge is 0.309 e. The maximum atomic E-state index is 2.48. The summed E-state index contributed by atoms with van der Waals surface area (Å²) in [7, 11) is 0. The molecule has 0 fully saturated rings. The van der Waals surface area contributed by atoms with Crippen LogP contribution in [0.5, 0.6) is 0 Å². The molecule has 45 heavy (non-hydrogen) atoms. The van der Waals surface area contributed by atoms with Gasteiger partial charge in [0.1, 0.15) is 0 Å². The minimum Gasteiger partial charge on any atom is -0.309 e. The van der Waals surface area contributed by atoms with Gasteiger partial charge in [0.05, 0.1) is 27.5 Å². The monoisotopic (exact) mass is 570 g/mol. The lowest BCUT2D eigenvalue weighted by atomic mass is 9.66. The van der Waals surface area contributed by atoms with Crippen molar-refractivity contribution in [2.24, 2.45) is 0 Å². The molecule has 1 spiro atoms. The zero-order chi connectivity index (χ0) is 29.3. The van der Waals surface area contributed by atoms with Gasteiger partial charge in [-0.15, -0.1) is 0 Å². The van der Waals surface area contributed by atoms with Crippen molar-refractivity contribution >= 4 is 43.6 Å². The van der Waals surface area contributed by atoms with E-state index >= 15 is 0 Å². The molecule has 2 heteroatoms. The van der Waals surface area contributed by atoms with Crippen LogP contribution < -0.4 is 0 Å². The normalized spacial score (nSPS) is 14.0. The lowest BCUT2D eigenvalue weighted by Gasteiger charge is -2.34. The molecule has 0 unspecified atom stereocenters. The van der Waals surface area contributed by atoms with Crippen molar-refractivity contribution in [2.45, 2.75) is 5.41 Å². The number of hydrogen-bond acceptors (Lipinski definition) is 0. The Kier molecular flexibility index (Phi) is 4.29. The number of aromatic nitrogens is 2. The minimum absolute atomic E-state index is 0.475. The molecular weight excluding hydrogens is 544 g/mol. The van der Waals surface area contributed by atoms with Crippen LogP contribution in [0.4, 0.5) is 0 Å². The highest BCUT2D eigenvalue weighted by atomic mass is 15.0. The highest BCUT2D eigenvalue weighted by Crippen LogP contribution is 2.61. The van der Waals surface area contributed by atoms with Gasteiger partial charge in [0.15, 0.2) is 0 Å². The predicted octanol–water partition coefficient (Wildman–Crippen LogP) is 10.6. The Labute approximate surface area is 260 Å². The van der Waals surface area contributed by atoms with Gasteiger partial charge in [0, 0.05) is 32.9 Å². The molecule has 0 saturated heterocycles. The molecule has 11 rings (SSSR count). The Morgan fingerprint density at radius 3 is 1.13 bits per heavy atom. The molecule has 7 aromatic carbocycles. The Balaban J connectivity index is 1.48. The molecule has 0 saturated carbocycles. The summed E-state index contributed by atoms with van der Waals surface area (Å²) in [6.45, 7) is 0. The number of hydrogen-bond donors (Lipinski definition) is 0. The fraction of sp³-hybridized carbons (Fsp3) is 0.0233. The van der Waals surface area contributed by atoms with Crippen LogP contribution >= 0.6 is 0 Å². The summed E-state index contributed by atoms with van der Waals surface area (Å²) < 4.78 is 4.96. The maximum absolute atomic E-state index is 2.48. The van der Waals surface area contributed by atoms with Crippen LogP contribution in [0.15, 0.2) is 158 Å². The Hall–Kier alpha value is -5.86. The van der Waals surface area contributed by atoms with Crippen molar-refractivity contribution in [3.05, 3.63) is 180 Å². The highest BCUT2D eigenvalue weighted by Gasteiger charge is 2.49. The van der Waals surface area contributed by atoms with Crippen LogP contribution in [0.2, 0.25) is 0 Å². The lowest BCUT2D eigenvalue weighted by molar-refractivity contribution is 0.786. The third-order valence-electron chi connectivity index (χ3n) is 10.5. The van der Waals surface area contributed by atoms with Gasteiger partial charge < -0.3 is 9.13 Å². The SMILES string of the molecule is c1ccc(-n2c3cccc4c3c3c5c6c(cccc6n(-c6ccccc6)c5ccc32)C42c3ccccc3-c3ccccc32)cc1. The van der Waals surface area contributed by atoms with Crippen LogP contribution in [0.3, 0.4) is 0 Å². The molecule has 2 heterocycles. The second-order valence-corrected chi connectivity index (χ2v) is 12.4. The van der Waals surface area contributed by atoms with Crippen LogP contribution in [0.1, 0.15) is 22.3 Å². The van der Waals surface area contributed by atoms with Crippen molar-refractivity contribution in [1.82, 2.24) is 9.13 Å². The first-order valence-corrected chi connectivity index (χ1v) is 15.7. The van der Waals surface area contributed by atoms with E-state index < -0.39 is 5.41 Å². The van der Waals surface area contributed by atoms with Gasteiger partial charge in [-0.2, -0.15) is 0 Å². The quantitative estimate of drug-likeness (QED) is 0.196. The Morgan fingerprint density at radius 1 is 0.289 bits per heavy atom. The smallest absolute Gasteiger partial charge is 0.0727 e. The zero-order valence-corrected chi connectivity index (χ0v) is 24.4. The molecule has 0 N–H and O–H groups in total. The molecule has 2 aliphatic rings. The molecule has 9 aromatic rings. The first-order chi connectivity index (χ1) is 22.4. The summed E-state index contributed by atoms with van der Waals surface area (Å²) in [5, 5.41) is 5.37. The third-order valence-corrected chi connectivity index (χ3v) is 10.5. The number of fused-ring (bicyclic) bond motifs is 7. The van der Waals surface area contributed by atoms with Crippen LogP contribution in [0, 0.1) is 0 Å². The minimum atomic E-state index is -0.475. The summed E-state index contributed by atoms with van der Waals surface area (Å²) >= 11 is 0. The van der Waals surface area contributed by atoms with Crippen molar-refractivity contribution in [3.63, 3.8) is 0 Å². The summed E-state index contributed by atoms with van der Waals surface area (Å²) in [4.78, 5) is 0. The van der Waals surface area contributed by atoms with E-state index in [9.17, 15) is 0 Å². The van der Waals surface area contributed by atoms with Gasteiger partial charge in [0.25, 0.3) is 0 Å². The number of rotatable bonds is 2.